The molecule has 0 bridgehead atoms. The number of hydrogen-bond donors (Lipinski definition) is 3. The summed E-state index contributed by atoms with van der Waals surface area (Å²) in [5.74, 6) is 0.0160. The molecule has 5 heteroatoms. The highest BCUT2D eigenvalue weighted by atomic mass is 32.1. The molecule has 1 aromatic rings. The van der Waals surface area contributed by atoms with Gasteiger partial charge in [0.1, 0.15) is 0 Å². The van der Waals surface area contributed by atoms with E-state index in [-0.39, 0.29) is 11.7 Å². The highest BCUT2D eigenvalue weighted by molar-refractivity contribution is 7.80. The van der Waals surface area contributed by atoms with E-state index in [1.165, 1.54) is 6.92 Å². The van der Waals surface area contributed by atoms with Gasteiger partial charge in [-0.1, -0.05) is 0 Å². The van der Waals surface area contributed by atoms with Gasteiger partial charge in [0.2, 0.25) is 5.91 Å². The number of Topliss-reactive ketones (excluding diaryl/α,β-unsaturated/α-hetero) is 1. The summed E-state index contributed by atoms with van der Waals surface area (Å²) < 4.78 is 0. The van der Waals surface area contributed by atoms with E-state index in [0.29, 0.717) is 17.0 Å². The molecule has 0 aliphatic carbocycles. The molecular formula is C11H14N2O2S. The predicted molar refractivity (Wildman–Crippen MR) is 66.9 cm³/mol. The number of carbonyl (C=O) groups is 2. The molecule has 3 N–H and O–H groups in total. The number of ketones is 1. The molecular weight excluding hydrogens is 224 g/mol. The first-order valence-electron chi connectivity index (χ1n) is 4.83. The van der Waals surface area contributed by atoms with Crippen molar-refractivity contribution in [2.45, 2.75) is 13.0 Å². The lowest BCUT2D eigenvalue weighted by atomic mass is 10.1. The van der Waals surface area contributed by atoms with Crippen LogP contribution in [-0.2, 0) is 4.79 Å². The van der Waals surface area contributed by atoms with Gasteiger partial charge in [0.15, 0.2) is 5.78 Å². The average molecular weight is 238 g/mol. The van der Waals surface area contributed by atoms with Crippen LogP contribution in [0.25, 0.3) is 0 Å². The Morgan fingerprint density at radius 3 is 2.38 bits per heavy atom. The summed E-state index contributed by atoms with van der Waals surface area (Å²) in [6.45, 7) is 1.43. The summed E-state index contributed by atoms with van der Waals surface area (Å²) in [6.07, 6.45) is 0. The van der Waals surface area contributed by atoms with Gasteiger partial charge >= 0.3 is 0 Å². The molecule has 0 radical (unpaired) electrons. The lowest BCUT2D eigenvalue weighted by molar-refractivity contribution is -0.114. The summed E-state index contributed by atoms with van der Waals surface area (Å²) in [4.78, 5) is 22.4. The average Bonchev–Trinajstić information content (AvgIpc) is 2.27. The van der Waals surface area contributed by atoms with Gasteiger partial charge < -0.3 is 11.1 Å². The maximum absolute atomic E-state index is 11.6. The van der Waals surface area contributed by atoms with E-state index >= 15 is 0 Å². The second-order valence-corrected chi connectivity index (χ2v) is 3.78. The third-order valence-corrected chi connectivity index (χ3v) is 2.42. The van der Waals surface area contributed by atoms with Crippen LogP contribution in [0.15, 0.2) is 24.3 Å². The van der Waals surface area contributed by atoms with Crippen molar-refractivity contribution in [2.75, 3.05) is 11.1 Å². The van der Waals surface area contributed by atoms with E-state index in [9.17, 15) is 9.59 Å². The zero-order valence-electron chi connectivity index (χ0n) is 8.93. The number of amides is 1. The molecule has 0 heterocycles. The molecule has 0 aliphatic rings. The normalized spacial score (nSPS) is 11.9. The van der Waals surface area contributed by atoms with Crippen LogP contribution in [0.5, 0.6) is 0 Å². The maximum atomic E-state index is 11.6. The molecule has 16 heavy (non-hydrogen) atoms. The smallest absolute Gasteiger partial charge is 0.221 e. The molecule has 0 aliphatic heterocycles. The Morgan fingerprint density at radius 1 is 1.38 bits per heavy atom. The number of carbonyl (C=O) groups excluding carboxylic acids is 2. The zero-order chi connectivity index (χ0) is 12.1. The summed E-state index contributed by atoms with van der Waals surface area (Å²) in [5.41, 5.74) is 6.75. The number of nitrogens with one attached hydrogen (secondary N) is 1. The maximum Gasteiger partial charge on any atom is 0.221 e. The molecule has 1 atom stereocenters. The largest absolute Gasteiger partial charge is 0.326 e. The highest BCUT2D eigenvalue weighted by Crippen LogP contribution is 2.11. The predicted octanol–water partition coefficient (Wildman–Crippen LogP) is 1.08. The molecule has 1 amide bonds. The van der Waals surface area contributed by atoms with Crippen LogP contribution < -0.4 is 11.1 Å². The quantitative estimate of drug-likeness (QED) is 0.543. The van der Waals surface area contributed by atoms with E-state index in [2.05, 4.69) is 17.9 Å². The monoisotopic (exact) mass is 238 g/mol. The molecule has 1 aromatic carbocycles. The molecule has 0 spiro atoms. The van der Waals surface area contributed by atoms with Crippen molar-refractivity contribution in [1.82, 2.24) is 0 Å². The Balaban J connectivity index is 2.78. The van der Waals surface area contributed by atoms with Crippen LogP contribution in [0, 0.1) is 0 Å². The van der Waals surface area contributed by atoms with Gasteiger partial charge in [-0.3, -0.25) is 9.59 Å². The highest BCUT2D eigenvalue weighted by Gasteiger charge is 2.13. The summed E-state index contributed by atoms with van der Waals surface area (Å²) >= 11 is 3.97. The van der Waals surface area contributed by atoms with E-state index in [1.54, 1.807) is 24.3 Å². The van der Waals surface area contributed by atoms with Gasteiger partial charge in [0.05, 0.1) is 6.04 Å². The minimum Gasteiger partial charge on any atom is -0.326 e. The number of hydrogen-bond acceptors (Lipinski definition) is 4. The van der Waals surface area contributed by atoms with Crippen LogP contribution >= 0.6 is 12.6 Å². The first-order valence-corrected chi connectivity index (χ1v) is 5.46. The molecule has 86 valence electrons. The Bertz CT molecular complexity index is 389. The molecule has 0 unspecified atom stereocenters. The van der Waals surface area contributed by atoms with Crippen molar-refractivity contribution in [2.24, 2.45) is 5.73 Å². The lowest BCUT2D eigenvalue weighted by Crippen LogP contribution is -2.32. The number of rotatable bonds is 4. The van der Waals surface area contributed by atoms with Crippen molar-refractivity contribution >= 4 is 30.0 Å². The first kappa shape index (κ1) is 12.7. The van der Waals surface area contributed by atoms with Crippen LogP contribution in [0.3, 0.4) is 0 Å². The third-order valence-electron chi connectivity index (χ3n) is 2.02. The first-order chi connectivity index (χ1) is 7.54. The Kier molecular flexibility index (Phi) is 4.52. The van der Waals surface area contributed by atoms with Gasteiger partial charge in [0.25, 0.3) is 0 Å². The van der Waals surface area contributed by atoms with Crippen molar-refractivity contribution in [1.29, 1.82) is 0 Å². The number of thiol groups is 1. The van der Waals surface area contributed by atoms with Crippen LogP contribution in [0.1, 0.15) is 17.3 Å². The zero-order valence-corrected chi connectivity index (χ0v) is 9.83. The standard InChI is InChI=1S/C11H14N2O2S/c1-7(14)13-9-4-2-8(3-5-9)11(15)10(12)6-16/h2-5,10,16H,6,12H2,1H3,(H,13,14)/t10-/m0/s1. The van der Waals surface area contributed by atoms with Gasteiger partial charge in [-0.2, -0.15) is 12.6 Å². The summed E-state index contributed by atoms with van der Waals surface area (Å²) in [5, 5.41) is 2.62. The minimum absolute atomic E-state index is 0.147. The fourth-order valence-corrected chi connectivity index (χ4v) is 1.38. The molecule has 0 fully saturated rings. The summed E-state index contributed by atoms with van der Waals surface area (Å²) in [6, 6.07) is 6.02. The lowest BCUT2D eigenvalue weighted by Gasteiger charge is -2.08. The van der Waals surface area contributed by atoms with Crippen LogP contribution in [-0.4, -0.2) is 23.5 Å². The van der Waals surface area contributed by atoms with Crippen molar-refractivity contribution in [3.8, 4) is 0 Å². The van der Waals surface area contributed by atoms with Crippen molar-refractivity contribution in [3.63, 3.8) is 0 Å². The van der Waals surface area contributed by atoms with E-state index in [1.807, 2.05) is 0 Å². The van der Waals surface area contributed by atoms with Crippen molar-refractivity contribution in [3.05, 3.63) is 29.8 Å². The molecule has 0 saturated heterocycles. The number of anilines is 1. The molecule has 1 rings (SSSR count). The van der Waals surface area contributed by atoms with E-state index < -0.39 is 6.04 Å². The van der Waals surface area contributed by atoms with E-state index in [0.717, 1.165) is 0 Å². The Morgan fingerprint density at radius 2 is 1.94 bits per heavy atom. The molecule has 4 nitrogen and oxygen atoms in total. The molecule has 0 saturated carbocycles. The number of nitrogens with two attached hydrogens (primary N) is 1. The van der Waals surface area contributed by atoms with Gasteiger partial charge in [-0.15, -0.1) is 0 Å². The Labute approximate surface area is 99.6 Å². The molecule has 0 aromatic heterocycles. The topological polar surface area (TPSA) is 72.2 Å². The van der Waals surface area contributed by atoms with Crippen molar-refractivity contribution < 1.29 is 9.59 Å². The second-order valence-electron chi connectivity index (χ2n) is 3.41. The van der Waals surface area contributed by atoms with E-state index in [4.69, 9.17) is 5.73 Å². The van der Waals surface area contributed by atoms with Gasteiger partial charge in [0, 0.05) is 23.9 Å². The van der Waals surface area contributed by atoms with Gasteiger partial charge in [-0.05, 0) is 24.3 Å². The fraction of sp³-hybridized carbons (Fsp3) is 0.273. The second kappa shape index (κ2) is 5.67. The Hall–Kier alpha value is -1.33. The van der Waals surface area contributed by atoms with Gasteiger partial charge in [-0.25, -0.2) is 0 Å². The van der Waals surface area contributed by atoms with Crippen LogP contribution in [0.4, 0.5) is 5.69 Å². The third kappa shape index (κ3) is 3.36. The SMILES string of the molecule is CC(=O)Nc1ccc(C(=O)[C@@H](N)CS)cc1. The minimum atomic E-state index is -0.588. The van der Waals surface area contributed by atoms with Crippen LogP contribution in [0.2, 0.25) is 0 Å². The fourth-order valence-electron chi connectivity index (χ4n) is 1.22. The number of benzene rings is 1. The summed E-state index contributed by atoms with van der Waals surface area (Å²) in [7, 11) is 0.